The van der Waals surface area contributed by atoms with Crippen molar-refractivity contribution in [1.29, 1.82) is 0 Å². The number of piperidine rings is 1. The van der Waals surface area contributed by atoms with Crippen molar-refractivity contribution < 1.29 is 9.53 Å². The summed E-state index contributed by atoms with van der Waals surface area (Å²) in [6.45, 7) is 4.05. The van der Waals surface area contributed by atoms with E-state index in [-0.39, 0.29) is 12.0 Å². The lowest BCUT2D eigenvalue weighted by atomic mass is 9.85. The molecule has 0 aromatic carbocycles. The van der Waals surface area contributed by atoms with E-state index in [9.17, 15) is 4.79 Å². The van der Waals surface area contributed by atoms with Crippen LogP contribution in [0.5, 0.6) is 0 Å². The van der Waals surface area contributed by atoms with E-state index in [1.165, 1.54) is 12.0 Å². The molecule has 0 radical (unpaired) electrons. The largest absolute Gasteiger partial charge is 0.366 e. The van der Waals surface area contributed by atoms with Gasteiger partial charge in [0, 0.05) is 51.5 Å². The number of aryl methyl sites for hydroxylation is 1. The lowest BCUT2D eigenvalue weighted by molar-refractivity contribution is -0.148. The van der Waals surface area contributed by atoms with Crippen LogP contribution in [0.2, 0.25) is 0 Å². The number of ether oxygens (including phenoxy) is 1. The van der Waals surface area contributed by atoms with E-state index in [1.807, 2.05) is 36.9 Å². The minimum atomic E-state index is -0.332. The Morgan fingerprint density at radius 1 is 1.36 bits per heavy atom. The summed E-state index contributed by atoms with van der Waals surface area (Å²) in [4.78, 5) is 19.2. The van der Waals surface area contributed by atoms with Gasteiger partial charge in [-0.05, 0) is 39.4 Å². The highest BCUT2D eigenvalue weighted by molar-refractivity contribution is 5.81. The van der Waals surface area contributed by atoms with Gasteiger partial charge in [0.25, 0.3) is 5.91 Å². The number of morpholine rings is 1. The molecule has 3 heterocycles. The van der Waals surface area contributed by atoms with Crippen LogP contribution in [0.15, 0.2) is 12.4 Å². The molecule has 3 rings (SSSR count). The first-order valence-electron chi connectivity index (χ1n) is 9.19. The predicted molar refractivity (Wildman–Crippen MR) is 96.2 cm³/mol. The second-order valence-corrected chi connectivity index (χ2v) is 7.62. The Morgan fingerprint density at radius 3 is 2.84 bits per heavy atom. The lowest BCUT2D eigenvalue weighted by Gasteiger charge is -2.41. The van der Waals surface area contributed by atoms with Gasteiger partial charge < -0.3 is 14.5 Å². The van der Waals surface area contributed by atoms with Crippen LogP contribution >= 0.6 is 0 Å². The molecule has 0 aliphatic carbocycles. The van der Waals surface area contributed by atoms with Crippen LogP contribution < -0.4 is 0 Å². The second-order valence-electron chi connectivity index (χ2n) is 7.62. The van der Waals surface area contributed by atoms with E-state index in [0.717, 1.165) is 26.1 Å². The van der Waals surface area contributed by atoms with Crippen molar-refractivity contribution in [1.82, 2.24) is 24.5 Å². The molecule has 1 aromatic rings. The Labute approximate surface area is 150 Å². The molecule has 1 aromatic heterocycles. The van der Waals surface area contributed by atoms with Gasteiger partial charge in [-0.15, -0.1) is 0 Å². The fraction of sp³-hybridized carbons (Fsp3) is 0.778. The van der Waals surface area contributed by atoms with Gasteiger partial charge in [0.15, 0.2) is 0 Å². The number of hydrogen-bond acceptors (Lipinski definition) is 5. The maximum absolute atomic E-state index is 12.8. The van der Waals surface area contributed by atoms with Crippen LogP contribution in [-0.2, 0) is 16.6 Å². The molecule has 25 heavy (non-hydrogen) atoms. The molecular weight excluding hydrogens is 318 g/mol. The topological polar surface area (TPSA) is 53.8 Å². The maximum atomic E-state index is 12.8. The van der Waals surface area contributed by atoms with E-state index < -0.39 is 0 Å². The Kier molecular flexibility index (Phi) is 5.76. The molecule has 0 spiro atoms. The summed E-state index contributed by atoms with van der Waals surface area (Å²) in [6, 6.07) is 0.313. The molecule has 7 heteroatoms. The van der Waals surface area contributed by atoms with Gasteiger partial charge in [0.05, 0.1) is 12.8 Å². The van der Waals surface area contributed by atoms with Gasteiger partial charge in [-0.3, -0.25) is 14.4 Å². The van der Waals surface area contributed by atoms with Crippen molar-refractivity contribution in [2.45, 2.75) is 25.0 Å². The van der Waals surface area contributed by atoms with Crippen LogP contribution in [-0.4, -0.2) is 90.4 Å². The van der Waals surface area contributed by atoms with Crippen molar-refractivity contribution in [2.75, 3.05) is 53.9 Å². The summed E-state index contributed by atoms with van der Waals surface area (Å²) < 4.78 is 7.56. The number of amides is 1. The Morgan fingerprint density at radius 2 is 2.16 bits per heavy atom. The Hall–Kier alpha value is -1.44. The number of aromatic nitrogens is 2. The number of nitrogens with zero attached hydrogens (tertiary/aromatic N) is 5. The van der Waals surface area contributed by atoms with Crippen molar-refractivity contribution >= 4 is 5.91 Å². The van der Waals surface area contributed by atoms with Crippen molar-refractivity contribution in [3.05, 3.63) is 18.0 Å². The SMILES string of the molecule is CN1CCOC(C(=O)N(C)C[C@@H]2CCCN(C)[C@H]2c2cnn(C)c2)C1. The first-order valence-corrected chi connectivity index (χ1v) is 9.19. The zero-order valence-corrected chi connectivity index (χ0v) is 15.9. The smallest absolute Gasteiger partial charge is 0.252 e. The molecule has 2 fully saturated rings. The summed E-state index contributed by atoms with van der Waals surface area (Å²) in [7, 11) is 8.07. The predicted octanol–water partition coefficient (Wildman–Crippen LogP) is 0.592. The molecule has 2 saturated heterocycles. The molecule has 2 aliphatic heterocycles. The quantitative estimate of drug-likeness (QED) is 0.796. The van der Waals surface area contributed by atoms with E-state index in [2.05, 4.69) is 28.1 Å². The van der Waals surface area contributed by atoms with Crippen molar-refractivity contribution in [3.8, 4) is 0 Å². The molecule has 0 bridgehead atoms. The molecule has 7 nitrogen and oxygen atoms in total. The number of hydrogen-bond donors (Lipinski definition) is 0. The molecule has 2 aliphatic rings. The second kappa shape index (κ2) is 7.85. The van der Waals surface area contributed by atoms with Crippen LogP contribution in [0.25, 0.3) is 0 Å². The van der Waals surface area contributed by atoms with Crippen LogP contribution in [0.1, 0.15) is 24.4 Å². The van der Waals surface area contributed by atoms with Gasteiger partial charge in [-0.25, -0.2) is 0 Å². The summed E-state index contributed by atoms with van der Waals surface area (Å²) in [5, 5.41) is 4.34. The number of likely N-dealkylation sites (tertiary alicyclic amines) is 1. The Bertz CT molecular complexity index is 590. The lowest BCUT2D eigenvalue weighted by Crippen LogP contribution is -2.50. The van der Waals surface area contributed by atoms with E-state index in [1.54, 1.807) is 0 Å². The Balaban J connectivity index is 1.67. The fourth-order valence-corrected chi connectivity index (χ4v) is 4.19. The van der Waals surface area contributed by atoms with Gasteiger partial charge in [0.2, 0.25) is 0 Å². The molecule has 3 atom stereocenters. The molecule has 0 N–H and O–H groups in total. The van der Waals surface area contributed by atoms with Crippen LogP contribution in [0, 0.1) is 5.92 Å². The highest BCUT2D eigenvalue weighted by atomic mass is 16.5. The first-order chi connectivity index (χ1) is 12.0. The normalized spacial score (nSPS) is 28.9. The zero-order valence-electron chi connectivity index (χ0n) is 15.9. The summed E-state index contributed by atoms with van der Waals surface area (Å²) >= 11 is 0. The average molecular weight is 349 g/mol. The van der Waals surface area contributed by atoms with Gasteiger partial charge in [-0.2, -0.15) is 5.10 Å². The number of carbonyl (C=O) groups excluding carboxylic acids is 1. The maximum Gasteiger partial charge on any atom is 0.252 e. The molecule has 140 valence electrons. The number of rotatable bonds is 4. The minimum absolute atomic E-state index is 0.102. The van der Waals surface area contributed by atoms with Crippen LogP contribution in [0.4, 0.5) is 0 Å². The third-order valence-electron chi connectivity index (χ3n) is 5.50. The monoisotopic (exact) mass is 349 g/mol. The van der Waals surface area contributed by atoms with E-state index >= 15 is 0 Å². The van der Waals surface area contributed by atoms with Gasteiger partial charge in [0.1, 0.15) is 6.10 Å². The summed E-state index contributed by atoms with van der Waals surface area (Å²) in [5.74, 6) is 0.517. The van der Waals surface area contributed by atoms with Crippen molar-refractivity contribution in [2.24, 2.45) is 13.0 Å². The molecular formula is C18H31N5O2. The van der Waals surface area contributed by atoms with Gasteiger partial charge >= 0.3 is 0 Å². The standard InChI is InChI=1S/C18H31N5O2/c1-20-8-9-25-16(13-20)18(24)22(3)11-14-6-5-7-21(2)17(14)15-10-19-23(4)12-15/h10,12,14,16-17H,5-9,11,13H2,1-4H3/t14-,16?,17+/m0/s1. The third kappa shape index (κ3) is 4.22. The van der Waals surface area contributed by atoms with Crippen molar-refractivity contribution in [3.63, 3.8) is 0 Å². The average Bonchev–Trinajstić information content (AvgIpc) is 3.00. The molecule has 1 unspecified atom stereocenters. The van der Waals surface area contributed by atoms with Crippen LogP contribution in [0.3, 0.4) is 0 Å². The van der Waals surface area contributed by atoms with E-state index in [4.69, 9.17) is 4.74 Å². The highest BCUT2D eigenvalue weighted by Gasteiger charge is 2.34. The number of likely N-dealkylation sites (N-methyl/N-ethyl adjacent to an activating group) is 2. The van der Waals surface area contributed by atoms with Gasteiger partial charge in [-0.1, -0.05) is 0 Å². The third-order valence-corrected chi connectivity index (χ3v) is 5.50. The zero-order chi connectivity index (χ0) is 18.0. The first kappa shape index (κ1) is 18.4. The van der Waals surface area contributed by atoms with E-state index in [0.29, 0.717) is 25.1 Å². The fourth-order valence-electron chi connectivity index (χ4n) is 4.19. The highest BCUT2D eigenvalue weighted by Crippen LogP contribution is 2.35. The minimum Gasteiger partial charge on any atom is -0.366 e. The summed E-state index contributed by atoms with van der Waals surface area (Å²) in [6.07, 6.45) is 6.03. The molecule has 0 saturated carbocycles. The number of carbonyl (C=O) groups is 1. The summed E-state index contributed by atoms with van der Waals surface area (Å²) in [5.41, 5.74) is 1.24. The molecule has 1 amide bonds.